The molecule has 0 aromatic heterocycles. The number of nitrogens with zero attached hydrogens (tertiary/aromatic N) is 1. The third-order valence-electron chi connectivity index (χ3n) is 4.59. The number of nitrogens with one attached hydrogen (secondary N) is 2. The summed E-state index contributed by atoms with van der Waals surface area (Å²) in [4.78, 5) is 27.4. The number of ether oxygens (including phenoxy) is 1. The van der Waals surface area contributed by atoms with Gasteiger partial charge in [0.1, 0.15) is 11.8 Å². The summed E-state index contributed by atoms with van der Waals surface area (Å²) in [6.45, 7) is 3.44. The van der Waals surface area contributed by atoms with E-state index in [0.29, 0.717) is 23.1 Å². The molecule has 8 nitrogen and oxygen atoms in total. The molecule has 2 aromatic carbocycles. The highest BCUT2D eigenvalue weighted by Crippen LogP contribution is 2.25. The molecular weight excluding hydrogens is 438 g/mol. The van der Waals surface area contributed by atoms with Gasteiger partial charge in [0.2, 0.25) is 15.9 Å². The molecule has 1 unspecified atom stereocenters. The average molecular weight is 464 g/mol. The number of carbonyl (C=O) groups excluding carboxylic acids is 2. The maximum Gasteiger partial charge on any atom is 0.255 e. The summed E-state index contributed by atoms with van der Waals surface area (Å²) in [5.41, 5.74) is 0.819. The van der Waals surface area contributed by atoms with Crippen molar-refractivity contribution in [3.63, 3.8) is 0 Å². The molecule has 1 aliphatic rings. The molecule has 31 heavy (non-hydrogen) atoms. The van der Waals surface area contributed by atoms with Crippen LogP contribution in [0, 0.1) is 0 Å². The van der Waals surface area contributed by atoms with Crippen LogP contribution in [0.4, 0.5) is 5.69 Å². The normalized spacial score (nSPS) is 16.4. The van der Waals surface area contributed by atoms with Crippen molar-refractivity contribution >= 4 is 39.3 Å². The standard InChI is InChI=1S/C21H25N3O5S2/c1-14(2)23-31(27,28)18-6-4-5-15(11-18)21(26)24-13-30-12-19(24)20(25)22-16-7-9-17(29-3)10-8-16/h4-11,14,19,23H,12-13H2,1-3H3,(H,22,25). The second-order valence-corrected chi connectivity index (χ2v) is 10.0. The summed E-state index contributed by atoms with van der Waals surface area (Å²) in [7, 11) is -2.17. The highest BCUT2D eigenvalue weighted by molar-refractivity contribution is 7.99. The Bertz CT molecular complexity index is 1050. The molecule has 10 heteroatoms. The molecular formula is C21H25N3O5S2. The van der Waals surface area contributed by atoms with Gasteiger partial charge in [0.05, 0.1) is 17.9 Å². The summed E-state index contributed by atoms with van der Waals surface area (Å²) in [5, 5.41) is 2.82. The lowest BCUT2D eigenvalue weighted by atomic mass is 10.1. The predicted octanol–water partition coefficient (Wildman–Crippen LogP) is 2.54. The Balaban J connectivity index is 1.76. The van der Waals surface area contributed by atoms with Crippen molar-refractivity contribution in [2.75, 3.05) is 24.1 Å². The molecule has 1 atom stereocenters. The van der Waals surface area contributed by atoms with Crippen LogP contribution in [0.5, 0.6) is 5.75 Å². The van der Waals surface area contributed by atoms with Gasteiger partial charge in [-0.2, -0.15) is 0 Å². The molecule has 0 spiro atoms. The lowest BCUT2D eigenvalue weighted by molar-refractivity contribution is -0.119. The molecule has 2 amide bonds. The molecule has 166 valence electrons. The zero-order valence-corrected chi connectivity index (χ0v) is 19.1. The van der Waals surface area contributed by atoms with Crippen molar-refractivity contribution in [2.45, 2.75) is 30.8 Å². The van der Waals surface area contributed by atoms with E-state index in [4.69, 9.17) is 4.74 Å². The first kappa shape index (κ1) is 23.1. The van der Waals surface area contributed by atoms with Gasteiger partial charge in [-0.25, -0.2) is 13.1 Å². The number of rotatable bonds is 7. The lowest BCUT2D eigenvalue weighted by Gasteiger charge is -2.23. The second-order valence-electron chi connectivity index (χ2n) is 7.31. The number of sulfonamides is 1. The van der Waals surface area contributed by atoms with Crippen LogP contribution in [-0.4, -0.2) is 56.0 Å². The van der Waals surface area contributed by atoms with Crippen molar-refractivity contribution in [1.82, 2.24) is 9.62 Å². The maximum atomic E-state index is 13.1. The molecule has 0 radical (unpaired) electrons. The number of carbonyl (C=O) groups is 2. The van der Waals surface area contributed by atoms with Crippen LogP contribution in [0.1, 0.15) is 24.2 Å². The summed E-state index contributed by atoms with van der Waals surface area (Å²) in [5.74, 6) is 0.796. The van der Waals surface area contributed by atoms with Gasteiger partial charge in [-0.15, -0.1) is 11.8 Å². The van der Waals surface area contributed by atoms with E-state index in [-0.39, 0.29) is 28.3 Å². The fourth-order valence-corrected chi connectivity index (χ4v) is 5.55. The Morgan fingerprint density at radius 3 is 2.52 bits per heavy atom. The Hall–Kier alpha value is -2.56. The molecule has 1 fully saturated rings. The van der Waals surface area contributed by atoms with E-state index in [0.717, 1.165) is 0 Å². The molecule has 0 bridgehead atoms. The van der Waals surface area contributed by atoms with Crippen molar-refractivity contribution in [3.05, 3.63) is 54.1 Å². The first-order valence-electron chi connectivity index (χ1n) is 9.67. The minimum absolute atomic E-state index is 0.0122. The van der Waals surface area contributed by atoms with Crippen molar-refractivity contribution < 1.29 is 22.7 Å². The fraction of sp³-hybridized carbons (Fsp3) is 0.333. The minimum atomic E-state index is -3.73. The van der Waals surface area contributed by atoms with Gasteiger partial charge in [-0.1, -0.05) is 6.07 Å². The van der Waals surface area contributed by atoms with Crippen LogP contribution in [0.15, 0.2) is 53.4 Å². The Morgan fingerprint density at radius 1 is 1.16 bits per heavy atom. The van der Waals surface area contributed by atoms with Crippen LogP contribution in [0.2, 0.25) is 0 Å². The second kappa shape index (κ2) is 9.71. The predicted molar refractivity (Wildman–Crippen MR) is 121 cm³/mol. The molecule has 2 N–H and O–H groups in total. The van der Waals surface area contributed by atoms with Crippen LogP contribution >= 0.6 is 11.8 Å². The number of hydrogen-bond donors (Lipinski definition) is 2. The SMILES string of the molecule is COc1ccc(NC(=O)C2CSCN2C(=O)c2cccc(S(=O)(=O)NC(C)C)c2)cc1. The largest absolute Gasteiger partial charge is 0.497 e. The topological polar surface area (TPSA) is 105 Å². The Kier molecular flexibility index (Phi) is 7.24. The lowest BCUT2D eigenvalue weighted by Crippen LogP contribution is -2.44. The minimum Gasteiger partial charge on any atom is -0.497 e. The Morgan fingerprint density at radius 2 is 1.87 bits per heavy atom. The van der Waals surface area contributed by atoms with Gasteiger partial charge >= 0.3 is 0 Å². The molecule has 1 heterocycles. The average Bonchev–Trinajstić information content (AvgIpc) is 3.23. The van der Waals surface area contributed by atoms with E-state index in [1.165, 1.54) is 34.9 Å². The fourth-order valence-electron chi connectivity index (χ4n) is 3.10. The number of thioether (sulfide) groups is 1. The van der Waals surface area contributed by atoms with Crippen LogP contribution in [-0.2, 0) is 14.8 Å². The summed E-state index contributed by atoms with van der Waals surface area (Å²) in [6.07, 6.45) is 0. The molecule has 2 aromatic rings. The number of hydrogen-bond acceptors (Lipinski definition) is 6. The smallest absolute Gasteiger partial charge is 0.255 e. The van der Waals surface area contributed by atoms with Gasteiger partial charge in [-0.3, -0.25) is 9.59 Å². The summed E-state index contributed by atoms with van der Waals surface area (Å²) >= 11 is 1.47. The van der Waals surface area contributed by atoms with Crippen LogP contribution in [0.3, 0.4) is 0 Å². The first-order chi connectivity index (χ1) is 14.7. The van der Waals surface area contributed by atoms with E-state index in [1.54, 1.807) is 51.3 Å². The summed E-state index contributed by atoms with van der Waals surface area (Å²) in [6, 6.07) is 11.8. The molecule has 1 saturated heterocycles. The first-order valence-corrected chi connectivity index (χ1v) is 12.3. The van der Waals surface area contributed by atoms with Crippen molar-refractivity contribution in [1.29, 1.82) is 0 Å². The highest BCUT2D eigenvalue weighted by atomic mass is 32.2. The van der Waals surface area contributed by atoms with Gasteiger partial charge in [0, 0.05) is 23.0 Å². The Labute approximate surface area is 186 Å². The third kappa shape index (κ3) is 5.57. The van der Waals surface area contributed by atoms with E-state index < -0.39 is 16.1 Å². The van der Waals surface area contributed by atoms with Crippen molar-refractivity contribution in [3.8, 4) is 5.75 Å². The van der Waals surface area contributed by atoms with Gasteiger partial charge in [0.25, 0.3) is 5.91 Å². The zero-order chi connectivity index (χ0) is 22.6. The van der Waals surface area contributed by atoms with E-state index in [2.05, 4.69) is 10.0 Å². The third-order valence-corrected chi connectivity index (χ3v) is 7.25. The number of anilines is 1. The monoisotopic (exact) mass is 463 g/mol. The van der Waals surface area contributed by atoms with E-state index in [1.807, 2.05) is 0 Å². The van der Waals surface area contributed by atoms with Crippen LogP contribution < -0.4 is 14.8 Å². The van der Waals surface area contributed by atoms with Crippen molar-refractivity contribution in [2.24, 2.45) is 0 Å². The number of benzene rings is 2. The highest BCUT2D eigenvalue weighted by Gasteiger charge is 2.35. The molecule has 0 aliphatic carbocycles. The molecule has 0 saturated carbocycles. The van der Waals surface area contributed by atoms with E-state index in [9.17, 15) is 18.0 Å². The van der Waals surface area contributed by atoms with Crippen LogP contribution in [0.25, 0.3) is 0 Å². The summed E-state index contributed by atoms with van der Waals surface area (Å²) < 4.78 is 32.5. The van der Waals surface area contributed by atoms with Gasteiger partial charge < -0.3 is 15.0 Å². The maximum absolute atomic E-state index is 13.1. The zero-order valence-electron chi connectivity index (χ0n) is 17.5. The quantitative estimate of drug-likeness (QED) is 0.654. The van der Waals surface area contributed by atoms with Gasteiger partial charge in [-0.05, 0) is 56.3 Å². The molecule has 1 aliphatic heterocycles. The van der Waals surface area contributed by atoms with Gasteiger partial charge in [0.15, 0.2) is 0 Å². The number of methoxy groups -OCH3 is 1. The number of amides is 2. The molecule has 3 rings (SSSR count). The van der Waals surface area contributed by atoms with E-state index >= 15 is 0 Å².